The van der Waals surface area contributed by atoms with Crippen LogP contribution in [0.3, 0.4) is 0 Å². The van der Waals surface area contributed by atoms with Gasteiger partial charge in [-0.3, -0.25) is 4.68 Å². The maximum atomic E-state index is 9.59. The number of benzene rings is 1. The molecule has 0 aliphatic heterocycles. The highest BCUT2D eigenvalue weighted by molar-refractivity contribution is 5.23. The minimum Gasteiger partial charge on any atom is -0.396 e. The fourth-order valence-corrected chi connectivity index (χ4v) is 2.52. The monoisotopic (exact) mass is 258 g/mol. The molecule has 0 aliphatic rings. The lowest BCUT2D eigenvalue weighted by Gasteiger charge is -2.14. The number of aromatic nitrogens is 2. The van der Waals surface area contributed by atoms with Crippen LogP contribution >= 0.6 is 0 Å². The van der Waals surface area contributed by atoms with Crippen LogP contribution in [0.15, 0.2) is 30.3 Å². The Bertz CT molecular complexity index is 545. The summed E-state index contributed by atoms with van der Waals surface area (Å²) in [6, 6.07) is 10.6. The molecule has 0 saturated carbocycles. The molecule has 1 aromatic heterocycles. The predicted molar refractivity (Wildman–Crippen MR) is 77.1 cm³/mol. The zero-order chi connectivity index (χ0) is 13.8. The third kappa shape index (κ3) is 3.67. The molecule has 0 aliphatic carbocycles. The first-order valence-electron chi connectivity index (χ1n) is 6.74. The summed E-state index contributed by atoms with van der Waals surface area (Å²) in [5, 5.41) is 13.9. The molecule has 0 spiro atoms. The normalized spacial score (nSPS) is 12.6. The third-order valence-corrected chi connectivity index (χ3v) is 3.46. The molecular weight excluding hydrogens is 236 g/mol. The molecule has 19 heavy (non-hydrogen) atoms. The molecule has 3 heteroatoms. The first-order valence-corrected chi connectivity index (χ1v) is 6.74. The van der Waals surface area contributed by atoms with Crippen LogP contribution in [-0.2, 0) is 19.9 Å². The molecule has 2 rings (SSSR count). The van der Waals surface area contributed by atoms with Crippen molar-refractivity contribution >= 4 is 0 Å². The molecule has 1 aromatic carbocycles. The van der Waals surface area contributed by atoms with Gasteiger partial charge in [-0.15, -0.1) is 0 Å². The second-order valence-electron chi connectivity index (χ2n) is 5.35. The number of rotatable bonds is 5. The maximum Gasteiger partial charge on any atom is 0.0596 e. The third-order valence-electron chi connectivity index (χ3n) is 3.46. The Balaban J connectivity index is 2.06. The van der Waals surface area contributed by atoms with Crippen molar-refractivity contribution in [3.63, 3.8) is 0 Å². The van der Waals surface area contributed by atoms with Crippen LogP contribution in [-0.4, -0.2) is 21.5 Å². The molecule has 0 radical (unpaired) electrons. The van der Waals surface area contributed by atoms with Gasteiger partial charge in [0.05, 0.1) is 5.69 Å². The van der Waals surface area contributed by atoms with Crippen LogP contribution in [0.5, 0.6) is 0 Å². The largest absolute Gasteiger partial charge is 0.396 e. The minimum atomic E-state index is 0.207. The molecule has 0 saturated heterocycles. The highest BCUT2D eigenvalue weighted by Crippen LogP contribution is 2.16. The average Bonchev–Trinajstić information content (AvgIpc) is 2.67. The Labute approximate surface area is 114 Å². The second kappa shape index (κ2) is 6.02. The van der Waals surface area contributed by atoms with Gasteiger partial charge in [-0.1, -0.05) is 29.8 Å². The molecule has 1 N–H and O–H groups in total. The van der Waals surface area contributed by atoms with Gasteiger partial charge in [-0.25, -0.2) is 0 Å². The Morgan fingerprint density at radius 1 is 1.21 bits per heavy atom. The average molecular weight is 258 g/mol. The first kappa shape index (κ1) is 13.8. The second-order valence-corrected chi connectivity index (χ2v) is 5.35. The van der Waals surface area contributed by atoms with Gasteiger partial charge in [0.15, 0.2) is 0 Å². The van der Waals surface area contributed by atoms with E-state index in [0.29, 0.717) is 0 Å². The van der Waals surface area contributed by atoms with Crippen molar-refractivity contribution < 1.29 is 5.11 Å². The van der Waals surface area contributed by atoms with Gasteiger partial charge in [0, 0.05) is 19.3 Å². The minimum absolute atomic E-state index is 0.207. The first-order chi connectivity index (χ1) is 9.08. The standard InChI is InChI=1S/C16H22N2O/c1-12-5-4-6-14(7-12)9-15(11-19)10-16-8-13(2)17-18(16)3/h4-8,15,19H,9-11H2,1-3H3. The predicted octanol–water partition coefficient (Wildman–Crippen LogP) is 2.43. The molecular formula is C16H22N2O. The molecule has 0 amide bonds. The van der Waals surface area contributed by atoms with E-state index in [0.717, 1.165) is 18.5 Å². The topological polar surface area (TPSA) is 38.1 Å². The Hall–Kier alpha value is -1.61. The van der Waals surface area contributed by atoms with Gasteiger partial charge in [-0.05, 0) is 44.2 Å². The fraction of sp³-hybridized carbons (Fsp3) is 0.438. The summed E-state index contributed by atoms with van der Waals surface area (Å²) in [6.45, 7) is 4.30. The summed E-state index contributed by atoms with van der Waals surface area (Å²) in [6.07, 6.45) is 1.77. The molecule has 3 nitrogen and oxygen atoms in total. The molecule has 0 bridgehead atoms. The van der Waals surface area contributed by atoms with Gasteiger partial charge in [0.2, 0.25) is 0 Å². The van der Waals surface area contributed by atoms with E-state index in [4.69, 9.17) is 0 Å². The lowest BCUT2D eigenvalue weighted by atomic mass is 9.94. The molecule has 2 aromatic rings. The van der Waals surface area contributed by atoms with Gasteiger partial charge in [0.25, 0.3) is 0 Å². The maximum absolute atomic E-state index is 9.59. The van der Waals surface area contributed by atoms with Gasteiger partial charge in [0.1, 0.15) is 0 Å². The van der Waals surface area contributed by atoms with Crippen LogP contribution in [0.4, 0.5) is 0 Å². The van der Waals surface area contributed by atoms with E-state index < -0.39 is 0 Å². The zero-order valence-corrected chi connectivity index (χ0v) is 11.9. The van der Waals surface area contributed by atoms with Crippen molar-refractivity contribution in [1.29, 1.82) is 0 Å². The molecule has 1 heterocycles. The van der Waals surface area contributed by atoms with Gasteiger partial charge in [-0.2, -0.15) is 5.10 Å². The van der Waals surface area contributed by atoms with Crippen molar-refractivity contribution in [3.8, 4) is 0 Å². The van der Waals surface area contributed by atoms with Crippen molar-refractivity contribution in [2.24, 2.45) is 13.0 Å². The highest BCUT2D eigenvalue weighted by Gasteiger charge is 2.13. The lowest BCUT2D eigenvalue weighted by molar-refractivity contribution is 0.223. The van der Waals surface area contributed by atoms with E-state index in [1.165, 1.54) is 16.8 Å². The molecule has 102 valence electrons. The summed E-state index contributed by atoms with van der Waals surface area (Å²) in [7, 11) is 1.96. The van der Waals surface area contributed by atoms with Crippen LogP contribution in [0.25, 0.3) is 0 Å². The SMILES string of the molecule is Cc1cccc(CC(CO)Cc2cc(C)nn2C)c1. The molecule has 0 fully saturated rings. The van der Waals surface area contributed by atoms with Crippen LogP contribution in [0.2, 0.25) is 0 Å². The van der Waals surface area contributed by atoms with E-state index in [1.807, 2.05) is 18.7 Å². The highest BCUT2D eigenvalue weighted by atomic mass is 16.3. The van der Waals surface area contributed by atoms with Crippen molar-refractivity contribution in [2.45, 2.75) is 26.7 Å². The summed E-state index contributed by atoms with van der Waals surface area (Å²) < 4.78 is 1.91. The Kier molecular flexibility index (Phi) is 4.38. The van der Waals surface area contributed by atoms with E-state index >= 15 is 0 Å². The van der Waals surface area contributed by atoms with Crippen LogP contribution < -0.4 is 0 Å². The van der Waals surface area contributed by atoms with Crippen LogP contribution in [0, 0.1) is 19.8 Å². The fourth-order valence-electron chi connectivity index (χ4n) is 2.52. The summed E-state index contributed by atoms with van der Waals surface area (Å²) in [5.41, 5.74) is 4.78. The number of hydrogen-bond acceptors (Lipinski definition) is 2. The Morgan fingerprint density at radius 3 is 2.58 bits per heavy atom. The number of nitrogens with zero attached hydrogens (tertiary/aromatic N) is 2. The molecule has 1 atom stereocenters. The number of aryl methyl sites for hydroxylation is 3. The zero-order valence-electron chi connectivity index (χ0n) is 11.9. The smallest absolute Gasteiger partial charge is 0.0596 e. The lowest BCUT2D eigenvalue weighted by Crippen LogP contribution is -2.15. The van der Waals surface area contributed by atoms with Crippen molar-refractivity contribution in [1.82, 2.24) is 9.78 Å². The van der Waals surface area contributed by atoms with Gasteiger partial charge >= 0.3 is 0 Å². The quantitative estimate of drug-likeness (QED) is 0.894. The van der Waals surface area contributed by atoms with E-state index in [1.54, 1.807) is 0 Å². The van der Waals surface area contributed by atoms with E-state index in [2.05, 4.69) is 42.4 Å². The van der Waals surface area contributed by atoms with E-state index in [-0.39, 0.29) is 12.5 Å². The summed E-state index contributed by atoms with van der Waals surface area (Å²) >= 11 is 0. The number of aliphatic hydroxyl groups is 1. The van der Waals surface area contributed by atoms with Crippen LogP contribution in [0.1, 0.15) is 22.5 Å². The number of hydrogen-bond donors (Lipinski definition) is 1. The van der Waals surface area contributed by atoms with Crippen molar-refractivity contribution in [2.75, 3.05) is 6.61 Å². The van der Waals surface area contributed by atoms with Crippen molar-refractivity contribution in [3.05, 3.63) is 52.8 Å². The summed E-state index contributed by atoms with van der Waals surface area (Å²) in [4.78, 5) is 0. The summed E-state index contributed by atoms with van der Waals surface area (Å²) in [5.74, 6) is 0.247. The Morgan fingerprint density at radius 2 is 2.00 bits per heavy atom. The van der Waals surface area contributed by atoms with E-state index in [9.17, 15) is 5.11 Å². The molecule has 1 unspecified atom stereocenters. The van der Waals surface area contributed by atoms with Gasteiger partial charge < -0.3 is 5.11 Å². The number of aliphatic hydroxyl groups excluding tert-OH is 1.